The molecule has 4 rings (SSSR count). The number of imide groups is 1. The number of hydrogen-bond donors (Lipinski definition) is 1. The molecule has 3 aromatic rings. The maximum atomic E-state index is 13.5. The van der Waals surface area contributed by atoms with E-state index in [-0.39, 0.29) is 23.9 Å². The number of rotatable bonds is 7. The maximum absolute atomic E-state index is 13.5. The number of nitrogens with one attached hydrogen (secondary N) is 1. The highest BCUT2D eigenvalue weighted by Gasteiger charge is 2.39. The summed E-state index contributed by atoms with van der Waals surface area (Å²) in [5, 5.41) is 3.08. The van der Waals surface area contributed by atoms with E-state index in [2.05, 4.69) is 10.3 Å². The Balaban J connectivity index is 1.68. The first kappa shape index (κ1) is 21.2. The van der Waals surface area contributed by atoms with Gasteiger partial charge in [-0.15, -0.1) is 0 Å². The third-order valence-electron chi connectivity index (χ3n) is 4.84. The van der Waals surface area contributed by atoms with Crippen molar-refractivity contribution in [1.29, 1.82) is 0 Å². The molecule has 2 aromatic carbocycles. The third-order valence-corrected chi connectivity index (χ3v) is 4.84. The van der Waals surface area contributed by atoms with Crippen LogP contribution in [0.1, 0.15) is 25.1 Å². The van der Waals surface area contributed by atoms with E-state index >= 15 is 0 Å². The summed E-state index contributed by atoms with van der Waals surface area (Å²) in [6, 6.07) is 17.9. The van der Waals surface area contributed by atoms with Crippen LogP contribution in [0.25, 0.3) is 5.57 Å². The molecule has 6 nitrogen and oxygen atoms in total. The number of benzene rings is 2. The van der Waals surface area contributed by atoms with Gasteiger partial charge in [-0.05, 0) is 67.9 Å². The average Bonchev–Trinajstić information content (AvgIpc) is 3.00. The number of pyridine rings is 1. The minimum absolute atomic E-state index is 0.0372. The van der Waals surface area contributed by atoms with Gasteiger partial charge in [0.25, 0.3) is 11.8 Å². The van der Waals surface area contributed by atoms with Crippen molar-refractivity contribution in [3.63, 3.8) is 0 Å². The first-order valence-electron chi connectivity index (χ1n) is 10.2. The van der Waals surface area contributed by atoms with Gasteiger partial charge in [-0.3, -0.25) is 19.5 Å². The van der Waals surface area contributed by atoms with Crippen LogP contribution in [0.2, 0.25) is 0 Å². The van der Waals surface area contributed by atoms with Gasteiger partial charge in [-0.1, -0.05) is 18.2 Å². The lowest BCUT2D eigenvalue weighted by molar-refractivity contribution is -0.137. The van der Waals surface area contributed by atoms with Gasteiger partial charge < -0.3 is 10.1 Å². The highest BCUT2D eigenvalue weighted by atomic mass is 19.1. The predicted molar refractivity (Wildman–Crippen MR) is 119 cm³/mol. The Kier molecular flexibility index (Phi) is 5.98. The van der Waals surface area contributed by atoms with Crippen LogP contribution in [0.15, 0.2) is 78.6 Å². The lowest BCUT2D eigenvalue weighted by Gasteiger charge is -2.15. The SMILES string of the molecule is CC(C)Oc1ccc(NC2=C(c3ccc(F)cc3)C(=O)N(Cc3ccccn3)C2=O)cc1. The molecule has 0 unspecified atom stereocenters. The molecule has 1 N–H and O–H groups in total. The molecule has 1 aliphatic heterocycles. The monoisotopic (exact) mass is 431 g/mol. The molecule has 32 heavy (non-hydrogen) atoms. The largest absolute Gasteiger partial charge is 0.491 e. The molecule has 0 fully saturated rings. The predicted octanol–water partition coefficient (Wildman–Crippen LogP) is 4.40. The molecule has 0 aliphatic carbocycles. The van der Waals surface area contributed by atoms with Gasteiger partial charge in [0.15, 0.2) is 0 Å². The van der Waals surface area contributed by atoms with Crippen LogP contribution in [0.5, 0.6) is 5.75 Å². The van der Waals surface area contributed by atoms with Gasteiger partial charge >= 0.3 is 0 Å². The van der Waals surface area contributed by atoms with Crippen LogP contribution in [0, 0.1) is 5.82 Å². The third kappa shape index (κ3) is 4.51. The Morgan fingerprint density at radius 2 is 1.69 bits per heavy atom. The topological polar surface area (TPSA) is 71.5 Å². The van der Waals surface area contributed by atoms with Crippen molar-refractivity contribution in [2.45, 2.75) is 26.5 Å². The van der Waals surface area contributed by atoms with Crippen molar-refractivity contribution in [2.24, 2.45) is 0 Å². The second-order valence-corrected chi connectivity index (χ2v) is 7.59. The molecule has 0 saturated carbocycles. The Hall–Kier alpha value is -4.00. The van der Waals surface area contributed by atoms with E-state index in [1.807, 2.05) is 13.8 Å². The molecule has 0 atom stereocenters. The fourth-order valence-corrected chi connectivity index (χ4v) is 3.41. The zero-order chi connectivity index (χ0) is 22.7. The second-order valence-electron chi connectivity index (χ2n) is 7.59. The van der Waals surface area contributed by atoms with E-state index in [1.54, 1.807) is 48.7 Å². The van der Waals surface area contributed by atoms with Crippen LogP contribution in [-0.4, -0.2) is 27.8 Å². The number of anilines is 1. The lowest BCUT2D eigenvalue weighted by atomic mass is 10.0. The molecule has 0 saturated heterocycles. The molecule has 1 aliphatic rings. The van der Waals surface area contributed by atoms with Gasteiger partial charge in [-0.2, -0.15) is 0 Å². The normalized spacial score (nSPS) is 13.8. The number of halogens is 1. The molecule has 162 valence electrons. The second kappa shape index (κ2) is 9.01. The number of nitrogens with zero attached hydrogens (tertiary/aromatic N) is 2. The molecule has 7 heteroatoms. The summed E-state index contributed by atoms with van der Waals surface area (Å²) in [6.45, 7) is 3.91. The Morgan fingerprint density at radius 3 is 2.31 bits per heavy atom. The van der Waals surface area contributed by atoms with Crippen LogP contribution in [-0.2, 0) is 16.1 Å². The highest BCUT2D eigenvalue weighted by molar-refractivity contribution is 6.36. The van der Waals surface area contributed by atoms with Gasteiger partial charge in [0.05, 0.1) is 23.9 Å². The summed E-state index contributed by atoms with van der Waals surface area (Å²) >= 11 is 0. The number of amides is 2. The summed E-state index contributed by atoms with van der Waals surface area (Å²) in [5.74, 6) is -0.660. The van der Waals surface area contributed by atoms with Gasteiger partial charge in [0, 0.05) is 11.9 Å². The van der Waals surface area contributed by atoms with Crippen molar-refractivity contribution in [1.82, 2.24) is 9.88 Å². The summed E-state index contributed by atoms with van der Waals surface area (Å²) in [5.41, 5.74) is 1.99. The Bertz CT molecular complexity index is 1160. The van der Waals surface area contributed by atoms with Crippen molar-refractivity contribution < 1.29 is 18.7 Å². The minimum Gasteiger partial charge on any atom is -0.491 e. The molecule has 0 spiro atoms. The van der Waals surface area contributed by atoms with Gasteiger partial charge in [0.1, 0.15) is 17.3 Å². The fraction of sp³-hybridized carbons (Fsp3) is 0.160. The molecule has 0 radical (unpaired) electrons. The van der Waals surface area contributed by atoms with E-state index in [4.69, 9.17) is 4.74 Å². The summed E-state index contributed by atoms with van der Waals surface area (Å²) in [4.78, 5) is 31.8. The quantitative estimate of drug-likeness (QED) is 0.562. The molecule has 2 amide bonds. The zero-order valence-corrected chi connectivity index (χ0v) is 17.7. The summed E-state index contributed by atoms with van der Waals surface area (Å²) in [7, 11) is 0. The van der Waals surface area contributed by atoms with Crippen LogP contribution in [0.4, 0.5) is 10.1 Å². The molecule has 0 bridgehead atoms. The molecular weight excluding hydrogens is 409 g/mol. The molecule has 2 heterocycles. The van der Waals surface area contributed by atoms with E-state index in [1.165, 1.54) is 24.3 Å². The van der Waals surface area contributed by atoms with Crippen molar-refractivity contribution in [2.75, 3.05) is 5.32 Å². The van der Waals surface area contributed by atoms with Crippen molar-refractivity contribution in [3.05, 3.63) is 95.7 Å². The minimum atomic E-state index is -0.470. The van der Waals surface area contributed by atoms with Crippen LogP contribution < -0.4 is 10.1 Å². The van der Waals surface area contributed by atoms with Crippen molar-refractivity contribution >= 4 is 23.1 Å². The number of ether oxygens (including phenoxy) is 1. The van der Waals surface area contributed by atoms with E-state index in [0.29, 0.717) is 22.7 Å². The highest BCUT2D eigenvalue weighted by Crippen LogP contribution is 2.32. The summed E-state index contributed by atoms with van der Waals surface area (Å²) in [6.07, 6.45) is 1.64. The number of aromatic nitrogens is 1. The standard InChI is InChI=1S/C25H22FN3O3/c1-16(2)32-21-12-10-19(11-13-21)28-23-22(17-6-8-18(26)9-7-17)24(30)29(25(23)31)15-20-5-3-4-14-27-20/h3-14,16,28H,15H2,1-2H3. The van der Waals surface area contributed by atoms with Crippen molar-refractivity contribution in [3.8, 4) is 5.75 Å². The van der Waals surface area contributed by atoms with E-state index in [9.17, 15) is 14.0 Å². The molecular formula is C25H22FN3O3. The first-order chi connectivity index (χ1) is 15.4. The lowest BCUT2D eigenvalue weighted by Crippen LogP contribution is -2.32. The maximum Gasteiger partial charge on any atom is 0.278 e. The fourth-order valence-electron chi connectivity index (χ4n) is 3.41. The van der Waals surface area contributed by atoms with Gasteiger partial charge in [-0.25, -0.2) is 4.39 Å². The van der Waals surface area contributed by atoms with E-state index < -0.39 is 17.6 Å². The number of hydrogen-bond acceptors (Lipinski definition) is 5. The van der Waals surface area contributed by atoms with Crippen LogP contribution in [0.3, 0.4) is 0 Å². The number of carbonyl (C=O) groups is 2. The zero-order valence-electron chi connectivity index (χ0n) is 17.7. The summed E-state index contributed by atoms with van der Waals surface area (Å²) < 4.78 is 19.1. The van der Waals surface area contributed by atoms with Crippen LogP contribution >= 0.6 is 0 Å². The van der Waals surface area contributed by atoms with Gasteiger partial charge in [0.2, 0.25) is 0 Å². The average molecular weight is 431 g/mol. The Morgan fingerprint density at radius 1 is 0.969 bits per heavy atom. The smallest absolute Gasteiger partial charge is 0.278 e. The number of carbonyl (C=O) groups excluding carboxylic acids is 2. The van der Waals surface area contributed by atoms with E-state index in [0.717, 1.165) is 4.90 Å². The Labute approximate surface area is 185 Å². The first-order valence-corrected chi connectivity index (χ1v) is 10.2. The molecule has 1 aromatic heterocycles.